The Morgan fingerprint density at radius 1 is 1.43 bits per heavy atom. The zero-order chi connectivity index (χ0) is 14.7. The van der Waals surface area contributed by atoms with Gasteiger partial charge in [-0.3, -0.25) is 9.69 Å². The Morgan fingerprint density at radius 2 is 2.24 bits per heavy atom. The Morgan fingerprint density at radius 3 is 2.86 bits per heavy atom. The van der Waals surface area contributed by atoms with Crippen molar-refractivity contribution in [1.82, 2.24) is 15.2 Å². The van der Waals surface area contributed by atoms with E-state index in [1.807, 2.05) is 30.6 Å². The molecule has 3 rings (SSSR count). The Bertz CT molecular complexity index is 586. The van der Waals surface area contributed by atoms with Gasteiger partial charge >= 0.3 is 0 Å². The standard InChI is InChI=1S/C15H19N3OS2/c1-11-2-3-13(21-11)15(19)17-12-4-7-18(8-5-12)10-14-16-6-9-20-14/h2-3,6,9,12H,4-5,7-8,10H2,1H3,(H,17,19). The van der Waals surface area contributed by atoms with Gasteiger partial charge in [-0.15, -0.1) is 22.7 Å². The van der Waals surface area contributed by atoms with E-state index in [-0.39, 0.29) is 5.91 Å². The number of hydrogen-bond acceptors (Lipinski definition) is 5. The summed E-state index contributed by atoms with van der Waals surface area (Å²) in [5, 5.41) is 6.35. The van der Waals surface area contributed by atoms with Gasteiger partial charge in [-0.25, -0.2) is 4.98 Å². The number of thiophene rings is 1. The van der Waals surface area contributed by atoms with Crippen molar-refractivity contribution < 1.29 is 4.79 Å². The summed E-state index contributed by atoms with van der Waals surface area (Å²) in [7, 11) is 0. The van der Waals surface area contributed by atoms with Crippen LogP contribution in [0.4, 0.5) is 0 Å². The third-order valence-corrected chi connectivity index (χ3v) is 5.49. The molecule has 0 saturated carbocycles. The molecule has 1 amide bonds. The Hall–Kier alpha value is -1.24. The van der Waals surface area contributed by atoms with Gasteiger partial charge in [0.25, 0.3) is 5.91 Å². The van der Waals surface area contributed by atoms with Crippen molar-refractivity contribution in [1.29, 1.82) is 0 Å². The van der Waals surface area contributed by atoms with Crippen molar-refractivity contribution in [2.75, 3.05) is 13.1 Å². The number of likely N-dealkylation sites (tertiary alicyclic amines) is 1. The van der Waals surface area contributed by atoms with Gasteiger partial charge in [-0.2, -0.15) is 0 Å². The lowest BCUT2D eigenvalue weighted by atomic mass is 10.1. The average Bonchev–Trinajstić information content (AvgIpc) is 3.12. The number of carbonyl (C=O) groups is 1. The lowest BCUT2D eigenvalue weighted by Gasteiger charge is -2.31. The average molecular weight is 321 g/mol. The van der Waals surface area contributed by atoms with E-state index in [1.165, 1.54) is 9.88 Å². The lowest BCUT2D eigenvalue weighted by Crippen LogP contribution is -2.44. The van der Waals surface area contributed by atoms with E-state index in [2.05, 4.69) is 15.2 Å². The van der Waals surface area contributed by atoms with Gasteiger partial charge < -0.3 is 5.32 Å². The minimum atomic E-state index is 0.0754. The summed E-state index contributed by atoms with van der Waals surface area (Å²) in [6.45, 7) is 5.00. The molecule has 0 radical (unpaired) electrons. The van der Waals surface area contributed by atoms with Crippen LogP contribution in [0.25, 0.3) is 0 Å². The highest BCUT2D eigenvalue weighted by Gasteiger charge is 2.22. The van der Waals surface area contributed by atoms with Crippen LogP contribution >= 0.6 is 22.7 Å². The number of carbonyl (C=O) groups excluding carboxylic acids is 1. The molecule has 0 bridgehead atoms. The van der Waals surface area contributed by atoms with Gasteiger partial charge in [0.15, 0.2) is 0 Å². The molecule has 1 saturated heterocycles. The predicted octanol–water partition coefficient (Wildman–Crippen LogP) is 2.91. The number of nitrogens with zero attached hydrogens (tertiary/aromatic N) is 2. The molecule has 0 atom stereocenters. The number of nitrogens with one attached hydrogen (secondary N) is 1. The largest absolute Gasteiger partial charge is 0.349 e. The van der Waals surface area contributed by atoms with Gasteiger partial charge in [0.05, 0.1) is 11.4 Å². The van der Waals surface area contributed by atoms with Crippen molar-refractivity contribution in [3.05, 3.63) is 38.5 Å². The molecule has 6 heteroatoms. The molecule has 1 fully saturated rings. The van der Waals surface area contributed by atoms with Crippen molar-refractivity contribution in [2.24, 2.45) is 0 Å². The quantitative estimate of drug-likeness (QED) is 0.942. The zero-order valence-corrected chi connectivity index (χ0v) is 13.7. The topological polar surface area (TPSA) is 45.2 Å². The fourth-order valence-electron chi connectivity index (χ4n) is 2.57. The first-order valence-corrected chi connectivity index (χ1v) is 8.88. The van der Waals surface area contributed by atoms with Crippen LogP contribution in [0.1, 0.15) is 32.4 Å². The third kappa shape index (κ3) is 3.90. The first-order chi connectivity index (χ1) is 10.2. The molecule has 1 aliphatic rings. The van der Waals surface area contributed by atoms with E-state index in [0.29, 0.717) is 6.04 Å². The molecule has 2 aromatic heterocycles. The van der Waals surface area contributed by atoms with Crippen LogP contribution in [0.2, 0.25) is 0 Å². The third-order valence-electron chi connectivity index (χ3n) is 3.73. The fourth-order valence-corrected chi connectivity index (χ4v) is 4.00. The predicted molar refractivity (Wildman–Crippen MR) is 86.9 cm³/mol. The molecule has 0 unspecified atom stereocenters. The van der Waals surface area contributed by atoms with E-state index in [4.69, 9.17) is 0 Å². The summed E-state index contributed by atoms with van der Waals surface area (Å²) < 4.78 is 0. The minimum absolute atomic E-state index is 0.0754. The molecule has 4 nitrogen and oxygen atoms in total. The monoisotopic (exact) mass is 321 g/mol. The molecular formula is C15H19N3OS2. The summed E-state index contributed by atoms with van der Waals surface area (Å²) in [6, 6.07) is 4.20. The molecule has 112 valence electrons. The van der Waals surface area contributed by atoms with Crippen molar-refractivity contribution in [3.63, 3.8) is 0 Å². The van der Waals surface area contributed by atoms with Gasteiger partial charge in [-0.1, -0.05) is 0 Å². The van der Waals surface area contributed by atoms with Crippen LogP contribution in [-0.2, 0) is 6.54 Å². The maximum atomic E-state index is 12.1. The first-order valence-electron chi connectivity index (χ1n) is 7.19. The molecular weight excluding hydrogens is 302 g/mol. The SMILES string of the molecule is Cc1ccc(C(=O)NC2CCN(Cc3nccs3)CC2)s1. The Labute approximate surface area is 132 Å². The van der Waals surface area contributed by atoms with Crippen molar-refractivity contribution >= 4 is 28.6 Å². The van der Waals surface area contributed by atoms with E-state index in [0.717, 1.165) is 37.4 Å². The number of aromatic nitrogens is 1. The van der Waals surface area contributed by atoms with E-state index in [9.17, 15) is 4.79 Å². The maximum absolute atomic E-state index is 12.1. The minimum Gasteiger partial charge on any atom is -0.349 e. The highest BCUT2D eigenvalue weighted by molar-refractivity contribution is 7.13. The van der Waals surface area contributed by atoms with Gasteiger partial charge in [0.1, 0.15) is 5.01 Å². The van der Waals surface area contributed by atoms with Gasteiger partial charge in [-0.05, 0) is 31.9 Å². The van der Waals surface area contributed by atoms with Crippen LogP contribution in [0.15, 0.2) is 23.7 Å². The van der Waals surface area contributed by atoms with Crippen LogP contribution in [0.5, 0.6) is 0 Å². The number of piperidine rings is 1. The highest BCUT2D eigenvalue weighted by Crippen LogP contribution is 2.18. The molecule has 0 aliphatic carbocycles. The summed E-state index contributed by atoms with van der Waals surface area (Å²) in [6.07, 6.45) is 3.89. The highest BCUT2D eigenvalue weighted by atomic mass is 32.1. The normalized spacial score (nSPS) is 17.0. The van der Waals surface area contributed by atoms with Gasteiger partial charge in [0.2, 0.25) is 0 Å². The van der Waals surface area contributed by atoms with Crippen LogP contribution < -0.4 is 5.32 Å². The number of rotatable bonds is 4. The van der Waals surface area contributed by atoms with Crippen LogP contribution in [0.3, 0.4) is 0 Å². The first kappa shape index (κ1) is 14.7. The molecule has 21 heavy (non-hydrogen) atoms. The van der Waals surface area contributed by atoms with E-state index in [1.54, 1.807) is 22.7 Å². The fraction of sp³-hybridized carbons (Fsp3) is 0.467. The van der Waals surface area contributed by atoms with Crippen LogP contribution in [0, 0.1) is 6.92 Å². The van der Waals surface area contributed by atoms with Gasteiger partial charge in [0, 0.05) is 35.6 Å². The second-order valence-corrected chi connectivity index (χ2v) is 7.63. The Balaban J connectivity index is 1.46. The number of amides is 1. The van der Waals surface area contributed by atoms with E-state index < -0.39 is 0 Å². The zero-order valence-electron chi connectivity index (χ0n) is 12.0. The van der Waals surface area contributed by atoms with E-state index >= 15 is 0 Å². The summed E-state index contributed by atoms with van der Waals surface area (Å²) in [5.74, 6) is 0.0754. The molecule has 2 aromatic rings. The molecule has 0 aromatic carbocycles. The van der Waals surface area contributed by atoms with Crippen molar-refractivity contribution in [2.45, 2.75) is 32.4 Å². The molecule has 3 heterocycles. The Kier molecular flexibility index (Phi) is 4.67. The summed E-state index contributed by atoms with van der Waals surface area (Å²) in [5.41, 5.74) is 0. The summed E-state index contributed by atoms with van der Waals surface area (Å²) >= 11 is 3.26. The molecule has 1 N–H and O–H groups in total. The second-order valence-electron chi connectivity index (χ2n) is 5.36. The number of hydrogen-bond donors (Lipinski definition) is 1. The second kappa shape index (κ2) is 6.68. The lowest BCUT2D eigenvalue weighted by molar-refractivity contribution is 0.0913. The number of aryl methyl sites for hydroxylation is 1. The molecule has 0 spiro atoms. The molecule has 1 aliphatic heterocycles. The maximum Gasteiger partial charge on any atom is 0.261 e. The smallest absolute Gasteiger partial charge is 0.261 e. The number of thiazole rings is 1. The van der Waals surface area contributed by atoms with Crippen molar-refractivity contribution in [3.8, 4) is 0 Å². The summed E-state index contributed by atoms with van der Waals surface area (Å²) in [4.78, 5) is 20.9. The van der Waals surface area contributed by atoms with Crippen LogP contribution in [-0.4, -0.2) is 34.9 Å².